The molecule has 1 atom stereocenters. The van der Waals surface area contributed by atoms with Crippen LogP contribution in [-0.2, 0) is 0 Å². The standard InChI is InChI=1S/C10H9IN2O/c1-7(6-12)13-10(14)8-4-2-3-5-9(8)11/h2-5,7H,1H3,(H,13,14). The van der Waals surface area contributed by atoms with Crippen molar-refractivity contribution in [3.63, 3.8) is 0 Å². The van der Waals surface area contributed by atoms with Crippen LogP contribution in [0.4, 0.5) is 0 Å². The van der Waals surface area contributed by atoms with Crippen LogP contribution in [0.5, 0.6) is 0 Å². The minimum Gasteiger partial charge on any atom is -0.337 e. The highest BCUT2D eigenvalue weighted by Crippen LogP contribution is 2.11. The average Bonchev–Trinajstić information content (AvgIpc) is 2.18. The Morgan fingerprint density at radius 2 is 2.21 bits per heavy atom. The van der Waals surface area contributed by atoms with E-state index in [0.717, 1.165) is 3.57 Å². The Labute approximate surface area is 96.3 Å². The lowest BCUT2D eigenvalue weighted by atomic mass is 10.2. The average molecular weight is 300 g/mol. The first-order valence-corrected chi connectivity index (χ1v) is 5.18. The topological polar surface area (TPSA) is 52.9 Å². The summed E-state index contributed by atoms with van der Waals surface area (Å²) in [5.74, 6) is -0.205. The van der Waals surface area contributed by atoms with Gasteiger partial charge in [-0.2, -0.15) is 5.26 Å². The van der Waals surface area contributed by atoms with Gasteiger partial charge in [-0.15, -0.1) is 0 Å². The van der Waals surface area contributed by atoms with Gasteiger partial charge in [0, 0.05) is 3.57 Å². The second-order valence-electron chi connectivity index (χ2n) is 2.80. The smallest absolute Gasteiger partial charge is 0.253 e. The molecule has 3 nitrogen and oxygen atoms in total. The number of amides is 1. The summed E-state index contributed by atoms with van der Waals surface area (Å²) in [7, 11) is 0. The number of halogens is 1. The molecule has 1 rings (SSSR count). The van der Waals surface area contributed by atoms with Gasteiger partial charge in [0.25, 0.3) is 5.91 Å². The molecule has 0 aliphatic rings. The predicted octanol–water partition coefficient (Wildman–Crippen LogP) is 1.93. The molecule has 0 aliphatic carbocycles. The lowest BCUT2D eigenvalue weighted by Crippen LogP contribution is -2.31. The van der Waals surface area contributed by atoms with Gasteiger partial charge in [-0.05, 0) is 41.6 Å². The number of rotatable bonds is 2. The quantitative estimate of drug-likeness (QED) is 0.849. The van der Waals surface area contributed by atoms with E-state index in [2.05, 4.69) is 27.9 Å². The van der Waals surface area contributed by atoms with E-state index >= 15 is 0 Å². The van der Waals surface area contributed by atoms with Gasteiger partial charge in [-0.25, -0.2) is 0 Å². The number of nitrogens with one attached hydrogen (secondary N) is 1. The number of carbonyl (C=O) groups is 1. The van der Waals surface area contributed by atoms with E-state index in [9.17, 15) is 4.79 Å². The van der Waals surface area contributed by atoms with E-state index in [1.165, 1.54) is 0 Å². The monoisotopic (exact) mass is 300 g/mol. The highest BCUT2D eigenvalue weighted by atomic mass is 127. The lowest BCUT2D eigenvalue weighted by molar-refractivity contribution is 0.0947. The van der Waals surface area contributed by atoms with Crippen molar-refractivity contribution >= 4 is 28.5 Å². The van der Waals surface area contributed by atoms with Gasteiger partial charge < -0.3 is 5.32 Å². The van der Waals surface area contributed by atoms with Crippen LogP contribution in [0.1, 0.15) is 17.3 Å². The Morgan fingerprint density at radius 3 is 2.79 bits per heavy atom. The first kappa shape index (κ1) is 11.0. The molecule has 14 heavy (non-hydrogen) atoms. The zero-order chi connectivity index (χ0) is 10.6. The first-order valence-electron chi connectivity index (χ1n) is 4.10. The zero-order valence-electron chi connectivity index (χ0n) is 7.62. The summed E-state index contributed by atoms with van der Waals surface area (Å²) in [5.41, 5.74) is 0.607. The number of carbonyl (C=O) groups excluding carboxylic acids is 1. The first-order chi connectivity index (χ1) is 6.65. The third-order valence-corrected chi connectivity index (χ3v) is 2.60. The van der Waals surface area contributed by atoms with Gasteiger partial charge in [0.15, 0.2) is 0 Å². The van der Waals surface area contributed by atoms with E-state index < -0.39 is 6.04 Å². The molecule has 0 aromatic heterocycles. The summed E-state index contributed by atoms with van der Waals surface area (Å²) in [6, 6.07) is 8.75. The van der Waals surface area contributed by atoms with Crippen molar-refractivity contribution in [1.29, 1.82) is 5.26 Å². The summed E-state index contributed by atoms with van der Waals surface area (Å²) in [6.07, 6.45) is 0. The molecule has 0 bridgehead atoms. The van der Waals surface area contributed by atoms with Crippen LogP contribution in [-0.4, -0.2) is 11.9 Å². The maximum atomic E-state index is 11.6. The Bertz CT molecular complexity index is 384. The molecule has 72 valence electrons. The molecular weight excluding hydrogens is 291 g/mol. The summed E-state index contributed by atoms with van der Waals surface area (Å²) in [6.45, 7) is 1.65. The highest BCUT2D eigenvalue weighted by molar-refractivity contribution is 14.1. The Kier molecular flexibility index (Phi) is 3.89. The molecule has 1 aromatic rings. The molecular formula is C10H9IN2O. The minimum atomic E-state index is -0.460. The van der Waals surface area contributed by atoms with Crippen LogP contribution >= 0.6 is 22.6 Å². The van der Waals surface area contributed by atoms with Crippen LogP contribution in [0.15, 0.2) is 24.3 Å². The Morgan fingerprint density at radius 1 is 1.57 bits per heavy atom. The number of nitrogens with zero attached hydrogens (tertiary/aromatic N) is 1. The van der Waals surface area contributed by atoms with E-state index in [1.807, 2.05) is 18.2 Å². The summed E-state index contributed by atoms with van der Waals surface area (Å²) >= 11 is 2.09. The van der Waals surface area contributed by atoms with Crippen LogP contribution in [0.25, 0.3) is 0 Å². The fraction of sp³-hybridized carbons (Fsp3) is 0.200. The molecule has 0 fully saturated rings. The van der Waals surface area contributed by atoms with Crippen LogP contribution in [0, 0.1) is 14.9 Å². The molecule has 4 heteroatoms. The SMILES string of the molecule is CC(C#N)NC(=O)c1ccccc1I. The van der Waals surface area contributed by atoms with Crippen LogP contribution < -0.4 is 5.32 Å². The third kappa shape index (κ3) is 2.70. The van der Waals surface area contributed by atoms with E-state index in [0.29, 0.717) is 5.56 Å². The van der Waals surface area contributed by atoms with E-state index in [4.69, 9.17) is 5.26 Å². The summed E-state index contributed by atoms with van der Waals surface area (Å²) < 4.78 is 0.882. The second-order valence-corrected chi connectivity index (χ2v) is 3.97. The van der Waals surface area contributed by atoms with E-state index in [-0.39, 0.29) is 5.91 Å². The van der Waals surface area contributed by atoms with E-state index in [1.54, 1.807) is 19.1 Å². The number of benzene rings is 1. The molecule has 0 spiro atoms. The summed E-state index contributed by atoms with van der Waals surface area (Å²) in [4.78, 5) is 11.6. The van der Waals surface area contributed by atoms with Crippen molar-refractivity contribution in [2.45, 2.75) is 13.0 Å². The fourth-order valence-corrected chi connectivity index (χ4v) is 1.58. The van der Waals surface area contributed by atoms with Crippen molar-refractivity contribution in [2.24, 2.45) is 0 Å². The van der Waals surface area contributed by atoms with Crippen molar-refractivity contribution in [3.05, 3.63) is 33.4 Å². The lowest BCUT2D eigenvalue weighted by Gasteiger charge is -2.07. The molecule has 0 saturated heterocycles. The zero-order valence-corrected chi connectivity index (χ0v) is 9.78. The van der Waals surface area contributed by atoms with Crippen molar-refractivity contribution < 1.29 is 4.79 Å². The molecule has 0 saturated carbocycles. The van der Waals surface area contributed by atoms with Crippen molar-refractivity contribution in [1.82, 2.24) is 5.32 Å². The normalized spacial score (nSPS) is 11.5. The molecule has 1 N–H and O–H groups in total. The molecule has 1 aromatic carbocycles. The number of hydrogen-bond acceptors (Lipinski definition) is 2. The van der Waals surface area contributed by atoms with Crippen LogP contribution in [0.3, 0.4) is 0 Å². The van der Waals surface area contributed by atoms with Gasteiger partial charge >= 0.3 is 0 Å². The minimum absolute atomic E-state index is 0.205. The van der Waals surface area contributed by atoms with Gasteiger partial charge in [0.1, 0.15) is 6.04 Å². The maximum Gasteiger partial charge on any atom is 0.253 e. The maximum absolute atomic E-state index is 11.6. The van der Waals surface area contributed by atoms with Gasteiger partial charge in [0.05, 0.1) is 11.6 Å². The molecule has 0 heterocycles. The largest absolute Gasteiger partial charge is 0.337 e. The number of nitriles is 1. The van der Waals surface area contributed by atoms with Gasteiger partial charge in [-0.3, -0.25) is 4.79 Å². The molecule has 1 unspecified atom stereocenters. The van der Waals surface area contributed by atoms with Gasteiger partial charge in [-0.1, -0.05) is 12.1 Å². The predicted molar refractivity (Wildman–Crippen MR) is 61.7 cm³/mol. The third-order valence-electron chi connectivity index (χ3n) is 1.66. The molecule has 0 radical (unpaired) electrons. The fourth-order valence-electron chi connectivity index (χ4n) is 0.952. The Hall–Kier alpha value is -1.09. The second kappa shape index (κ2) is 4.96. The Balaban J connectivity index is 2.81. The van der Waals surface area contributed by atoms with Crippen molar-refractivity contribution in [3.8, 4) is 6.07 Å². The van der Waals surface area contributed by atoms with Gasteiger partial charge in [0.2, 0.25) is 0 Å². The van der Waals surface area contributed by atoms with Crippen molar-refractivity contribution in [2.75, 3.05) is 0 Å². The molecule has 0 aliphatic heterocycles. The molecule has 1 amide bonds. The highest BCUT2D eigenvalue weighted by Gasteiger charge is 2.10. The van der Waals surface area contributed by atoms with Crippen LogP contribution in [0.2, 0.25) is 0 Å². The number of hydrogen-bond donors (Lipinski definition) is 1. The summed E-state index contributed by atoms with van der Waals surface area (Å²) in [5, 5.41) is 11.1.